The quantitative estimate of drug-likeness (QED) is 0.406. The van der Waals surface area contributed by atoms with Gasteiger partial charge in [0.1, 0.15) is 17.3 Å². The summed E-state index contributed by atoms with van der Waals surface area (Å²) in [5.74, 6) is 0.196. The highest BCUT2D eigenvalue weighted by Crippen LogP contribution is 2.35. The molecule has 0 saturated carbocycles. The Balaban J connectivity index is 1.55. The molecular weight excluding hydrogens is 468 g/mol. The fourth-order valence-electron chi connectivity index (χ4n) is 4.28. The van der Waals surface area contributed by atoms with Crippen molar-refractivity contribution < 1.29 is 4.79 Å². The summed E-state index contributed by atoms with van der Waals surface area (Å²) >= 11 is 6.55. The molecule has 1 unspecified atom stereocenters. The smallest absolute Gasteiger partial charge is 0.246 e. The Morgan fingerprint density at radius 2 is 2.06 bits per heavy atom. The van der Waals surface area contributed by atoms with Crippen LogP contribution in [0.5, 0.6) is 0 Å². The molecule has 1 atom stereocenters. The van der Waals surface area contributed by atoms with Crippen LogP contribution in [0, 0.1) is 11.3 Å². The lowest BCUT2D eigenvalue weighted by Gasteiger charge is -2.32. The van der Waals surface area contributed by atoms with Gasteiger partial charge in [-0.05, 0) is 18.9 Å². The molecule has 5 heterocycles. The first-order chi connectivity index (χ1) is 17.0. The molecule has 35 heavy (non-hydrogen) atoms. The highest BCUT2D eigenvalue weighted by Gasteiger charge is 2.27. The third kappa shape index (κ3) is 4.06. The number of aromatic nitrogens is 6. The molecule has 1 aliphatic rings. The standard InChI is InChI=1S/C24H19ClN8O2/c1-2-21(35)31-6-3-4-17(14-31)33-23-18(11-27-12-19(23)25)22(30-33)16-9-28-24(29-10-16)32-7-5-20(34)15(8-26)13-32/h2,5,7,9-13,17H,1,3-4,6,14H2. The van der Waals surface area contributed by atoms with Crippen LogP contribution in [0.3, 0.4) is 0 Å². The largest absolute Gasteiger partial charge is 0.337 e. The summed E-state index contributed by atoms with van der Waals surface area (Å²) < 4.78 is 3.37. The molecule has 4 aromatic rings. The summed E-state index contributed by atoms with van der Waals surface area (Å²) in [4.78, 5) is 38.7. The molecule has 0 aliphatic carbocycles. The molecule has 174 valence electrons. The van der Waals surface area contributed by atoms with Crippen LogP contribution >= 0.6 is 11.6 Å². The number of halogens is 1. The Morgan fingerprint density at radius 3 is 2.80 bits per heavy atom. The van der Waals surface area contributed by atoms with E-state index in [-0.39, 0.29) is 22.9 Å². The maximum atomic E-state index is 12.2. The minimum atomic E-state index is -0.363. The molecule has 11 heteroatoms. The van der Waals surface area contributed by atoms with Crippen molar-refractivity contribution >= 4 is 28.4 Å². The number of carbonyl (C=O) groups is 1. The molecule has 0 aromatic carbocycles. The van der Waals surface area contributed by atoms with Crippen molar-refractivity contribution in [3.8, 4) is 23.3 Å². The number of hydrogen-bond donors (Lipinski definition) is 0. The first-order valence-corrected chi connectivity index (χ1v) is 11.3. The second-order valence-electron chi connectivity index (χ2n) is 8.11. The average molecular weight is 487 g/mol. The Hall–Kier alpha value is -4.36. The van der Waals surface area contributed by atoms with Crippen molar-refractivity contribution in [1.82, 2.24) is 34.2 Å². The molecule has 5 rings (SSSR count). The SMILES string of the molecule is C=CC(=O)N1CCCC(n2nc(-c3cnc(-n4ccc(=O)c(C#N)c4)nc3)c3cncc(Cl)c32)C1. The van der Waals surface area contributed by atoms with Crippen molar-refractivity contribution in [2.75, 3.05) is 13.1 Å². The van der Waals surface area contributed by atoms with E-state index in [4.69, 9.17) is 22.0 Å². The van der Waals surface area contributed by atoms with E-state index in [1.165, 1.54) is 29.1 Å². The van der Waals surface area contributed by atoms with E-state index in [9.17, 15) is 9.59 Å². The van der Waals surface area contributed by atoms with Gasteiger partial charge in [0, 0.05) is 67.3 Å². The molecule has 1 aliphatic heterocycles. The van der Waals surface area contributed by atoms with Crippen molar-refractivity contribution in [3.05, 3.63) is 76.7 Å². The normalized spacial score (nSPS) is 15.7. The lowest BCUT2D eigenvalue weighted by molar-refractivity contribution is -0.127. The van der Waals surface area contributed by atoms with Gasteiger partial charge in [-0.3, -0.25) is 23.8 Å². The fraction of sp³-hybridized carbons (Fsp3) is 0.208. The number of hydrogen-bond acceptors (Lipinski definition) is 7. The van der Waals surface area contributed by atoms with Gasteiger partial charge in [0.15, 0.2) is 5.43 Å². The molecule has 1 amide bonds. The second kappa shape index (κ2) is 9.12. The van der Waals surface area contributed by atoms with Crippen molar-refractivity contribution in [1.29, 1.82) is 5.26 Å². The Kier molecular flexibility index (Phi) is 5.84. The van der Waals surface area contributed by atoms with Crippen LogP contribution < -0.4 is 5.43 Å². The van der Waals surface area contributed by atoms with E-state index < -0.39 is 0 Å². The third-order valence-corrected chi connectivity index (χ3v) is 6.25. The number of rotatable bonds is 4. The predicted octanol–water partition coefficient (Wildman–Crippen LogP) is 2.91. The van der Waals surface area contributed by atoms with Crippen LogP contribution in [-0.2, 0) is 4.79 Å². The molecule has 0 spiro atoms. The predicted molar refractivity (Wildman–Crippen MR) is 129 cm³/mol. The highest BCUT2D eigenvalue weighted by molar-refractivity contribution is 6.35. The molecule has 1 saturated heterocycles. The van der Waals surface area contributed by atoms with Crippen LogP contribution in [0.4, 0.5) is 0 Å². The van der Waals surface area contributed by atoms with Gasteiger partial charge in [0.25, 0.3) is 0 Å². The van der Waals surface area contributed by atoms with Gasteiger partial charge in [-0.2, -0.15) is 10.4 Å². The maximum Gasteiger partial charge on any atom is 0.246 e. The number of nitriles is 1. The lowest BCUT2D eigenvalue weighted by Crippen LogP contribution is -2.40. The number of fused-ring (bicyclic) bond motifs is 1. The molecule has 0 bridgehead atoms. The van der Waals surface area contributed by atoms with Crippen LogP contribution in [0.25, 0.3) is 28.1 Å². The second-order valence-corrected chi connectivity index (χ2v) is 8.52. The Morgan fingerprint density at radius 1 is 1.26 bits per heavy atom. The zero-order valence-electron chi connectivity index (χ0n) is 18.5. The zero-order chi connectivity index (χ0) is 24.5. The van der Waals surface area contributed by atoms with Crippen molar-refractivity contribution in [2.45, 2.75) is 18.9 Å². The lowest BCUT2D eigenvalue weighted by atomic mass is 10.1. The summed E-state index contributed by atoms with van der Waals surface area (Å²) in [6, 6.07) is 3.10. The minimum Gasteiger partial charge on any atom is -0.337 e. The summed E-state index contributed by atoms with van der Waals surface area (Å²) in [6.45, 7) is 4.77. The maximum absolute atomic E-state index is 12.2. The van der Waals surface area contributed by atoms with E-state index in [0.717, 1.165) is 23.7 Å². The fourth-order valence-corrected chi connectivity index (χ4v) is 4.52. The van der Waals surface area contributed by atoms with E-state index in [1.54, 1.807) is 29.7 Å². The van der Waals surface area contributed by atoms with Crippen LogP contribution in [0.15, 0.2) is 60.7 Å². The highest BCUT2D eigenvalue weighted by atomic mass is 35.5. The summed E-state index contributed by atoms with van der Waals surface area (Å²) in [5, 5.41) is 15.2. The molecule has 4 aromatic heterocycles. The van der Waals surface area contributed by atoms with E-state index in [1.807, 2.05) is 10.8 Å². The van der Waals surface area contributed by atoms with Crippen LogP contribution in [-0.4, -0.2) is 53.2 Å². The minimum absolute atomic E-state index is 0.00194. The first kappa shape index (κ1) is 22.4. The number of amides is 1. The first-order valence-electron chi connectivity index (χ1n) is 10.9. The summed E-state index contributed by atoms with van der Waals surface area (Å²) in [6.07, 6.45) is 12.4. The molecular formula is C24H19ClN8O2. The van der Waals surface area contributed by atoms with E-state index >= 15 is 0 Å². The number of likely N-dealkylation sites (tertiary alicyclic amines) is 1. The molecule has 10 nitrogen and oxygen atoms in total. The monoisotopic (exact) mass is 486 g/mol. The number of piperidine rings is 1. The molecule has 0 N–H and O–H groups in total. The van der Waals surface area contributed by atoms with Gasteiger partial charge in [-0.15, -0.1) is 0 Å². The summed E-state index contributed by atoms with van der Waals surface area (Å²) in [5.41, 5.74) is 1.64. The number of pyridine rings is 2. The van der Waals surface area contributed by atoms with Crippen LogP contribution in [0.2, 0.25) is 5.02 Å². The van der Waals surface area contributed by atoms with E-state index in [2.05, 4.69) is 21.5 Å². The topological polar surface area (TPSA) is 123 Å². The van der Waals surface area contributed by atoms with Crippen LogP contribution in [0.1, 0.15) is 24.4 Å². The van der Waals surface area contributed by atoms with Gasteiger partial charge < -0.3 is 4.90 Å². The van der Waals surface area contributed by atoms with Crippen molar-refractivity contribution in [3.63, 3.8) is 0 Å². The molecule has 0 radical (unpaired) electrons. The van der Waals surface area contributed by atoms with Crippen molar-refractivity contribution in [2.24, 2.45) is 0 Å². The van der Waals surface area contributed by atoms with Gasteiger partial charge in [0.05, 0.1) is 16.6 Å². The van der Waals surface area contributed by atoms with Gasteiger partial charge in [-0.1, -0.05) is 18.2 Å². The summed E-state index contributed by atoms with van der Waals surface area (Å²) in [7, 11) is 0. The van der Waals surface area contributed by atoms with Gasteiger partial charge in [-0.25, -0.2) is 9.97 Å². The van der Waals surface area contributed by atoms with Gasteiger partial charge in [0.2, 0.25) is 11.9 Å². The Bertz CT molecular complexity index is 1550. The zero-order valence-corrected chi connectivity index (χ0v) is 19.3. The van der Waals surface area contributed by atoms with E-state index in [0.29, 0.717) is 35.3 Å². The number of carbonyl (C=O) groups excluding carboxylic acids is 1. The molecule has 1 fully saturated rings. The van der Waals surface area contributed by atoms with Gasteiger partial charge >= 0.3 is 0 Å². The Labute approximate surface area is 204 Å². The average Bonchev–Trinajstić information content (AvgIpc) is 3.30. The number of nitrogens with zero attached hydrogens (tertiary/aromatic N) is 8. The third-order valence-electron chi connectivity index (χ3n) is 5.98.